The molecule has 0 bridgehead atoms. The van der Waals surface area contributed by atoms with Gasteiger partial charge in [-0.1, -0.05) is 0 Å². The lowest BCUT2D eigenvalue weighted by molar-refractivity contribution is 0.282. The van der Waals surface area contributed by atoms with E-state index in [2.05, 4.69) is 4.98 Å². The van der Waals surface area contributed by atoms with Gasteiger partial charge < -0.3 is 10.8 Å². The van der Waals surface area contributed by atoms with E-state index in [4.69, 9.17) is 10.8 Å². The van der Waals surface area contributed by atoms with Gasteiger partial charge in [0.05, 0.1) is 18.0 Å². The van der Waals surface area contributed by atoms with Gasteiger partial charge in [-0.15, -0.1) is 0 Å². The molecule has 3 N–H and O–H groups in total. The van der Waals surface area contributed by atoms with Crippen molar-refractivity contribution in [1.29, 1.82) is 0 Å². The Morgan fingerprint density at radius 2 is 2.40 bits per heavy atom. The largest absolute Gasteiger partial charge is 0.397 e. The predicted molar refractivity (Wildman–Crippen MR) is 39.3 cm³/mol. The van der Waals surface area contributed by atoms with E-state index in [1.54, 1.807) is 12.3 Å². The third-order valence-electron chi connectivity index (χ3n) is 1.45. The van der Waals surface area contributed by atoms with Crippen molar-refractivity contribution in [3.05, 3.63) is 23.5 Å². The Morgan fingerprint density at radius 3 is 2.90 bits per heavy atom. The number of nitrogens with two attached hydrogens (primary N) is 1. The van der Waals surface area contributed by atoms with Crippen LogP contribution in [0.25, 0.3) is 0 Å². The molecule has 3 heteroatoms. The van der Waals surface area contributed by atoms with Gasteiger partial charge in [0.1, 0.15) is 0 Å². The average Bonchev–Trinajstić information content (AvgIpc) is 1.95. The fraction of sp³-hybridized carbons (Fsp3) is 0.286. The first-order chi connectivity index (χ1) is 4.75. The number of aliphatic hydroxyl groups excluding tert-OH is 1. The van der Waals surface area contributed by atoms with Crippen LogP contribution in [0.3, 0.4) is 0 Å². The molecule has 0 aliphatic heterocycles. The number of hydrogen-bond donors (Lipinski definition) is 2. The molecule has 3 nitrogen and oxygen atoms in total. The molecule has 1 aromatic heterocycles. The van der Waals surface area contributed by atoms with E-state index in [1.165, 1.54) is 0 Å². The van der Waals surface area contributed by atoms with Crippen molar-refractivity contribution < 1.29 is 5.11 Å². The van der Waals surface area contributed by atoms with Crippen LogP contribution in [0.1, 0.15) is 11.3 Å². The number of nitrogens with zero attached hydrogens (tertiary/aromatic N) is 1. The summed E-state index contributed by atoms with van der Waals surface area (Å²) in [5, 5.41) is 8.74. The smallest absolute Gasteiger partial charge is 0.0703 e. The lowest BCUT2D eigenvalue weighted by Crippen LogP contribution is -1.98. The van der Waals surface area contributed by atoms with Crippen molar-refractivity contribution in [2.24, 2.45) is 0 Å². The van der Waals surface area contributed by atoms with Gasteiger partial charge in [-0.2, -0.15) is 0 Å². The van der Waals surface area contributed by atoms with Gasteiger partial charge in [0.15, 0.2) is 0 Å². The van der Waals surface area contributed by atoms with Crippen molar-refractivity contribution >= 4 is 5.69 Å². The van der Waals surface area contributed by atoms with Crippen molar-refractivity contribution in [3.63, 3.8) is 0 Å². The number of pyridine rings is 1. The van der Waals surface area contributed by atoms with Crippen molar-refractivity contribution in [2.45, 2.75) is 13.5 Å². The summed E-state index contributed by atoms with van der Waals surface area (Å²) in [5.74, 6) is 0. The van der Waals surface area contributed by atoms with Crippen LogP contribution < -0.4 is 5.73 Å². The molecule has 0 saturated carbocycles. The maximum Gasteiger partial charge on any atom is 0.0703 e. The van der Waals surface area contributed by atoms with Crippen LogP contribution in [0.15, 0.2) is 12.3 Å². The molecule has 1 aromatic rings. The van der Waals surface area contributed by atoms with E-state index in [-0.39, 0.29) is 6.61 Å². The molecule has 0 aliphatic carbocycles. The number of aliphatic hydroxyl groups is 1. The van der Waals surface area contributed by atoms with Gasteiger partial charge in [-0.3, -0.25) is 4.98 Å². The number of anilines is 1. The van der Waals surface area contributed by atoms with Gasteiger partial charge in [-0.05, 0) is 13.0 Å². The Bertz CT molecular complexity index is 235. The normalized spacial score (nSPS) is 9.80. The lowest BCUT2D eigenvalue weighted by atomic mass is 10.2. The quantitative estimate of drug-likeness (QED) is 0.592. The summed E-state index contributed by atoms with van der Waals surface area (Å²) in [6.07, 6.45) is 1.64. The average molecular weight is 138 g/mol. The number of rotatable bonds is 1. The molecule has 0 saturated heterocycles. The highest BCUT2D eigenvalue weighted by Gasteiger charge is 1.98. The van der Waals surface area contributed by atoms with E-state index in [0.717, 1.165) is 11.3 Å². The van der Waals surface area contributed by atoms with E-state index < -0.39 is 0 Å². The topological polar surface area (TPSA) is 59.1 Å². The standard InChI is InChI=1S/C7H10N2O/c1-5-7(8)6(4-10)2-3-9-5/h2-3,10H,4,8H2,1H3. The number of aromatic nitrogens is 1. The zero-order valence-corrected chi connectivity index (χ0v) is 5.83. The van der Waals surface area contributed by atoms with Gasteiger partial charge in [0.25, 0.3) is 0 Å². The van der Waals surface area contributed by atoms with Crippen LogP contribution in [0.2, 0.25) is 0 Å². The van der Waals surface area contributed by atoms with Crippen LogP contribution >= 0.6 is 0 Å². The molecule has 10 heavy (non-hydrogen) atoms. The number of nitrogen functional groups attached to an aromatic ring is 1. The summed E-state index contributed by atoms with van der Waals surface area (Å²) >= 11 is 0. The third kappa shape index (κ3) is 1.09. The second-order valence-corrected chi connectivity index (χ2v) is 2.13. The summed E-state index contributed by atoms with van der Waals surface area (Å²) in [7, 11) is 0. The Labute approximate surface area is 59.5 Å². The maximum atomic E-state index is 8.74. The number of hydrogen-bond acceptors (Lipinski definition) is 3. The summed E-state index contributed by atoms with van der Waals surface area (Å²) < 4.78 is 0. The highest BCUT2D eigenvalue weighted by atomic mass is 16.3. The molecule has 0 fully saturated rings. The zero-order valence-electron chi connectivity index (χ0n) is 5.83. The molecule has 1 rings (SSSR count). The number of aryl methyl sites for hydroxylation is 1. The van der Waals surface area contributed by atoms with Crippen LogP contribution in [0.5, 0.6) is 0 Å². The van der Waals surface area contributed by atoms with E-state index in [0.29, 0.717) is 5.69 Å². The maximum absolute atomic E-state index is 8.74. The molecular weight excluding hydrogens is 128 g/mol. The summed E-state index contributed by atoms with van der Waals surface area (Å²) in [6.45, 7) is 1.80. The summed E-state index contributed by atoms with van der Waals surface area (Å²) in [6, 6.07) is 1.71. The molecule has 0 spiro atoms. The van der Waals surface area contributed by atoms with E-state index >= 15 is 0 Å². The second kappa shape index (κ2) is 2.66. The second-order valence-electron chi connectivity index (χ2n) is 2.13. The fourth-order valence-electron chi connectivity index (χ4n) is 0.769. The Hall–Kier alpha value is -1.09. The first-order valence-electron chi connectivity index (χ1n) is 3.06. The van der Waals surface area contributed by atoms with Gasteiger partial charge in [-0.25, -0.2) is 0 Å². The highest BCUT2D eigenvalue weighted by Crippen LogP contribution is 2.12. The summed E-state index contributed by atoms with van der Waals surface area (Å²) in [4.78, 5) is 3.95. The SMILES string of the molecule is Cc1nccc(CO)c1N. The molecule has 0 aliphatic rings. The first kappa shape index (κ1) is 7.02. The van der Waals surface area contributed by atoms with Gasteiger partial charge in [0.2, 0.25) is 0 Å². The highest BCUT2D eigenvalue weighted by molar-refractivity contribution is 5.49. The molecule has 54 valence electrons. The minimum atomic E-state index is -0.0187. The Balaban J connectivity index is 3.14. The summed E-state index contributed by atoms with van der Waals surface area (Å²) in [5.41, 5.74) is 7.67. The zero-order chi connectivity index (χ0) is 7.56. The van der Waals surface area contributed by atoms with Gasteiger partial charge in [0, 0.05) is 11.8 Å². The van der Waals surface area contributed by atoms with Crippen LogP contribution in [-0.2, 0) is 6.61 Å². The van der Waals surface area contributed by atoms with Crippen LogP contribution in [0.4, 0.5) is 5.69 Å². The van der Waals surface area contributed by atoms with Crippen molar-refractivity contribution in [2.75, 3.05) is 5.73 Å². The fourth-order valence-corrected chi connectivity index (χ4v) is 0.769. The molecular formula is C7H10N2O. The van der Waals surface area contributed by atoms with Crippen LogP contribution in [-0.4, -0.2) is 10.1 Å². The van der Waals surface area contributed by atoms with E-state index in [1.807, 2.05) is 6.92 Å². The molecule has 0 unspecified atom stereocenters. The monoisotopic (exact) mass is 138 g/mol. The molecule has 1 heterocycles. The Morgan fingerprint density at radius 1 is 1.70 bits per heavy atom. The van der Waals surface area contributed by atoms with E-state index in [9.17, 15) is 0 Å². The first-order valence-corrected chi connectivity index (χ1v) is 3.06. The molecule has 0 amide bonds. The van der Waals surface area contributed by atoms with Crippen molar-refractivity contribution in [3.8, 4) is 0 Å². The molecule has 0 aromatic carbocycles. The lowest BCUT2D eigenvalue weighted by Gasteiger charge is -2.02. The predicted octanol–water partition coefficient (Wildman–Crippen LogP) is 0.465. The molecule has 0 radical (unpaired) electrons. The minimum Gasteiger partial charge on any atom is -0.397 e. The minimum absolute atomic E-state index is 0.0187. The van der Waals surface area contributed by atoms with Crippen LogP contribution in [0, 0.1) is 6.92 Å². The van der Waals surface area contributed by atoms with Gasteiger partial charge >= 0.3 is 0 Å². The third-order valence-corrected chi connectivity index (χ3v) is 1.45. The Kier molecular flexibility index (Phi) is 1.87. The van der Waals surface area contributed by atoms with Crippen molar-refractivity contribution in [1.82, 2.24) is 4.98 Å². The molecule has 0 atom stereocenters.